The van der Waals surface area contributed by atoms with Gasteiger partial charge in [-0.15, -0.1) is 0 Å². The molecule has 9 heteroatoms. The smallest absolute Gasteiger partial charge is 0.262 e. The molecule has 1 heterocycles. The van der Waals surface area contributed by atoms with Gasteiger partial charge in [0.2, 0.25) is 15.9 Å². The first kappa shape index (κ1) is 17.9. The fraction of sp³-hybridized carbons (Fsp3) is 0.176. The van der Waals surface area contributed by atoms with Crippen LogP contribution in [0.4, 0.5) is 5.69 Å². The molecule has 2 aromatic carbocycles. The Morgan fingerprint density at radius 1 is 1.23 bits per heavy atom. The molecule has 0 aromatic heterocycles. The number of primary amides is 1. The molecule has 0 spiro atoms. The van der Waals surface area contributed by atoms with E-state index in [0.717, 1.165) is 5.56 Å². The van der Waals surface area contributed by atoms with E-state index < -0.39 is 22.0 Å². The van der Waals surface area contributed by atoms with E-state index in [1.807, 2.05) is 6.07 Å². The van der Waals surface area contributed by atoms with Gasteiger partial charge in [0.05, 0.1) is 10.6 Å². The number of sulfonamides is 1. The highest BCUT2D eigenvalue weighted by molar-refractivity contribution is 7.89. The van der Waals surface area contributed by atoms with E-state index >= 15 is 0 Å². The Morgan fingerprint density at radius 2 is 1.96 bits per heavy atom. The summed E-state index contributed by atoms with van der Waals surface area (Å²) in [5.74, 6) is -0.787. The van der Waals surface area contributed by atoms with Crippen LogP contribution in [0, 0.1) is 0 Å². The van der Waals surface area contributed by atoms with Crippen molar-refractivity contribution in [2.24, 2.45) is 5.73 Å². The molecule has 0 bridgehead atoms. The van der Waals surface area contributed by atoms with Crippen molar-refractivity contribution >= 4 is 27.5 Å². The van der Waals surface area contributed by atoms with Gasteiger partial charge < -0.3 is 15.8 Å². The van der Waals surface area contributed by atoms with Crippen molar-refractivity contribution < 1.29 is 22.7 Å². The largest absolute Gasteiger partial charge is 0.482 e. The third-order valence-corrected chi connectivity index (χ3v) is 5.29. The lowest BCUT2D eigenvalue weighted by atomic mass is 10.1. The Bertz CT molecular complexity index is 944. The molecule has 3 rings (SSSR count). The minimum Gasteiger partial charge on any atom is -0.482 e. The van der Waals surface area contributed by atoms with Crippen LogP contribution >= 0.6 is 0 Å². The monoisotopic (exact) mass is 375 g/mol. The number of carbonyl (C=O) groups is 2. The Morgan fingerprint density at radius 3 is 2.65 bits per heavy atom. The number of amides is 2. The van der Waals surface area contributed by atoms with Crippen LogP contribution in [0.3, 0.4) is 0 Å². The highest BCUT2D eigenvalue weighted by atomic mass is 32.2. The minimum absolute atomic E-state index is 0.110. The van der Waals surface area contributed by atoms with E-state index in [9.17, 15) is 18.0 Å². The molecule has 0 unspecified atom stereocenters. The van der Waals surface area contributed by atoms with Crippen LogP contribution in [0.15, 0.2) is 53.4 Å². The molecule has 2 aromatic rings. The van der Waals surface area contributed by atoms with Crippen LogP contribution in [-0.4, -0.2) is 32.9 Å². The summed E-state index contributed by atoms with van der Waals surface area (Å²) in [4.78, 5) is 23.0. The third-order valence-electron chi connectivity index (χ3n) is 3.82. The maximum Gasteiger partial charge on any atom is 0.262 e. The minimum atomic E-state index is -4.03. The van der Waals surface area contributed by atoms with Crippen molar-refractivity contribution in [3.63, 3.8) is 0 Å². The predicted octanol–water partition coefficient (Wildman–Crippen LogP) is 0.392. The summed E-state index contributed by atoms with van der Waals surface area (Å²) >= 11 is 0. The lowest BCUT2D eigenvalue weighted by Crippen LogP contribution is -2.45. The number of rotatable bonds is 6. The van der Waals surface area contributed by atoms with E-state index in [1.54, 1.807) is 24.3 Å². The lowest BCUT2D eigenvalue weighted by Gasteiger charge is -2.20. The Hall–Kier alpha value is -2.91. The topological polar surface area (TPSA) is 128 Å². The second-order valence-corrected chi connectivity index (χ2v) is 7.47. The maximum absolute atomic E-state index is 12.6. The average Bonchev–Trinajstić information content (AvgIpc) is 2.61. The third kappa shape index (κ3) is 4.01. The molecule has 8 nitrogen and oxygen atoms in total. The fourth-order valence-corrected chi connectivity index (χ4v) is 3.77. The van der Waals surface area contributed by atoms with Crippen LogP contribution in [0.1, 0.15) is 5.56 Å². The molecular formula is C17H17N3O5S. The maximum atomic E-state index is 12.6. The fourth-order valence-electron chi connectivity index (χ4n) is 2.53. The highest BCUT2D eigenvalue weighted by Gasteiger charge is 2.26. The van der Waals surface area contributed by atoms with Gasteiger partial charge in [0, 0.05) is 0 Å². The summed E-state index contributed by atoms with van der Waals surface area (Å²) < 4.78 is 32.8. The Labute approximate surface area is 150 Å². The van der Waals surface area contributed by atoms with Crippen LogP contribution in [0.5, 0.6) is 5.75 Å². The molecule has 2 amide bonds. The van der Waals surface area contributed by atoms with Gasteiger partial charge in [-0.3, -0.25) is 9.59 Å². The van der Waals surface area contributed by atoms with Crippen LogP contribution in [0.25, 0.3) is 0 Å². The number of nitrogens with one attached hydrogen (secondary N) is 2. The summed E-state index contributed by atoms with van der Waals surface area (Å²) in [6, 6.07) is 11.9. The van der Waals surface area contributed by atoms with Crippen LogP contribution in [0.2, 0.25) is 0 Å². The molecule has 0 aliphatic carbocycles. The van der Waals surface area contributed by atoms with Crippen molar-refractivity contribution in [3.05, 3.63) is 54.1 Å². The Kier molecular flexibility index (Phi) is 4.92. The number of nitrogens with two attached hydrogens (primary N) is 1. The molecule has 0 radical (unpaired) electrons. The Balaban J connectivity index is 1.83. The first-order valence-electron chi connectivity index (χ1n) is 7.77. The van der Waals surface area contributed by atoms with Crippen molar-refractivity contribution in [2.45, 2.75) is 17.4 Å². The van der Waals surface area contributed by atoms with Crippen molar-refractivity contribution in [3.8, 4) is 5.75 Å². The van der Waals surface area contributed by atoms with Gasteiger partial charge >= 0.3 is 0 Å². The van der Waals surface area contributed by atoms with Gasteiger partial charge in [-0.1, -0.05) is 30.3 Å². The molecule has 0 saturated carbocycles. The zero-order valence-corrected chi connectivity index (χ0v) is 14.5. The summed E-state index contributed by atoms with van der Waals surface area (Å²) in [6.45, 7) is -0.127. The van der Waals surface area contributed by atoms with Gasteiger partial charge in [0.15, 0.2) is 6.61 Å². The normalized spacial score (nSPS) is 14.7. The lowest BCUT2D eigenvalue weighted by molar-refractivity contribution is -0.120. The molecule has 26 heavy (non-hydrogen) atoms. The number of hydrogen-bond donors (Lipinski definition) is 3. The first-order valence-corrected chi connectivity index (χ1v) is 9.26. The SMILES string of the molecule is NC(=O)[C@H](Cc1ccccc1)NS(=O)(=O)c1ccc2c(c1)NC(=O)CO2. The second-order valence-electron chi connectivity index (χ2n) is 5.76. The van der Waals surface area contributed by atoms with E-state index in [1.165, 1.54) is 18.2 Å². The van der Waals surface area contributed by atoms with E-state index in [-0.39, 0.29) is 29.5 Å². The molecule has 136 valence electrons. The summed E-state index contributed by atoms with van der Waals surface area (Å²) in [6.07, 6.45) is 0.125. The number of ether oxygens (including phenoxy) is 1. The zero-order valence-electron chi connectivity index (χ0n) is 13.6. The van der Waals surface area contributed by atoms with Crippen molar-refractivity contribution in [2.75, 3.05) is 11.9 Å². The van der Waals surface area contributed by atoms with Gasteiger partial charge in [-0.05, 0) is 30.2 Å². The van der Waals surface area contributed by atoms with Crippen LogP contribution < -0.4 is 20.5 Å². The zero-order chi connectivity index (χ0) is 18.7. The number of hydrogen-bond acceptors (Lipinski definition) is 5. The molecule has 0 fully saturated rings. The summed E-state index contributed by atoms with van der Waals surface area (Å²) in [7, 11) is -4.03. The molecule has 0 saturated heterocycles. The molecular weight excluding hydrogens is 358 g/mol. The van der Waals surface area contributed by atoms with Gasteiger partial charge in [0.25, 0.3) is 5.91 Å². The predicted molar refractivity (Wildman–Crippen MR) is 94.0 cm³/mol. The standard InChI is InChI=1S/C17H17N3O5S/c18-17(22)14(8-11-4-2-1-3-5-11)20-26(23,24)12-6-7-15-13(9-12)19-16(21)10-25-15/h1-7,9,14,20H,8,10H2,(H2,18,22)(H,19,21)/t14-/m0/s1. The van der Waals surface area contributed by atoms with Gasteiger partial charge in [-0.25, -0.2) is 8.42 Å². The second kappa shape index (κ2) is 7.14. The number of benzene rings is 2. The molecule has 4 N–H and O–H groups in total. The molecule has 1 aliphatic heterocycles. The molecule has 1 atom stereocenters. The van der Waals surface area contributed by atoms with E-state index in [2.05, 4.69) is 10.0 Å². The van der Waals surface area contributed by atoms with Gasteiger partial charge in [0.1, 0.15) is 11.8 Å². The number of carbonyl (C=O) groups excluding carboxylic acids is 2. The summed E-state index contributed by atoms with van der Waals surface area (Å²) in [5, 5.41) is 2.54. The molecule has 1 aliphatic rings. The highest BCUT2D eigenvalue weighted by Crippen LogP contribution is 2.30. The number of fused-ring (bicyclic) bond motifs is 1. The van der Waals surface area contributed by atoms with Crippen LogP contribution in [-0.2, 0) is 26.0 Å². The van der Waals surface area contributed by atoms with Crippen molar-refractivity contribution in [1.82, 2.24) is 4.72 Å². The van der Waals surface area contributed by atoms with Gasteiger partial charge in [-0.2, -0.15) is 4.72 Å². The first-order chi connectivity index (χ1) is 12.3. The quantitative estimate of drug-likeness (QED) is 0.673. The number of anilines is 1. The summed E-state index contributed by atoms with van der Waals surface area (Å²) in [5.41, 5.74) is 6.38. The van der Waals surface area contributed by atoms with E-state index in [4.69, 9.17) is 10.5 Å². The van der Waals surface area contributed by atoms with E-state index in [0.29, 0.717) is 5.75 Å². The van der Waals surface area contributed by atoms with Crippen molar-refractivity contribution in [1.29, 1.82) is 0 Å². The average molecular weight is 375 g/mol.